The molecular formula is C12H6N2O4. The number of aromatic nitrogens is 2. The maximum absolute atomic E-state index is 12.1. The van der Waals surface area contributed by atoms with E-state index in [-0.39, 0.29) is 22.5 Å². The molecule has 0 atom stereocenters. The number of H-pyrrole nitrogens is 2. The number of hydrogen-bond donors (Lipinski definition) is 2. The molecule has 2 N–H and O–H groups in total. The fourth-order valence-electron chi connectivity index (χ4n) is 1.96. The summed E-state index contributed by atoms with van der Waals surface area (Å²) in [6, 6.07) is 4.98. The highest BCUT2D eigenvalue weighted by atomic mass is 16.2. The van der Waals surface area contributed by atoms with Crippen molar-refractivity contribution in [2.75, 3.05) is 0 Å². The molecular weight excluding hydrogens is 236 g/mol. The minimum absolute atomic E-state index is 0.0816. The third-order valence-corrected chi connectivity index (χ3v) is 2.78. The number of ketones is 2. The second kappa shape index (κ2) is 3.36. The molecule has 0 radical (unpaired) electrons. The topological polar surface area (TPSA) is 99.9 Å². The van der Waals surface area contributed by atoms with E-state index in [4.69, 9.17) is 0 Å². The lowest BCUT2D eigenvalue weighted by molar-refractivity contribution is 0.0971. The predicted molar refractivity (Wildman–Crippen MR) is 61.0 cm³/mol. The monoisotopic (exact) mass is 242 g/mol. The number of carbonyl (C=O) groups is 2. The first-order valence-electron chi connectivity index (χ1n) is 5.14. The van der Waals surface area contributed by atoms with Crippen molar-refractivity contribution < 1.29 is 9.59 Å². The molecule has 0 saturated carbocycles. The zero-order valence-corrected chi connectivity index (χ0v) is 8.94. The Morgan fingerprint density at radius 1 is 0.611 bits per heavy atom. The number of pyridine rings is 2. The van der Waals surface area contributed by atoms with Gasteiger partial charge < -0.3 is 9.97 Å². The Labute approximate surface area is 99.3 Å². The van der Waals surface area contributed by atoms with Gasteiger partial charge in [0.05, 0.1) is 11.1 Å². The molecule has 0 amide bonds. The van der Waals surface area contributed by atoms with Gasteiger partial charge in [-0.05, 0) is 12.1 Å². The third-order valence-electron chi connectivity index (χ3n) is 2.78. The Morgan fingerprint density at radius 3 is 1.50 bits per heavy atom. The van der Waals surface area contributed by atoms with E-state index >= 15 is 0 Å². The van der Waals surface area contributed by atoms with Gasteiger partial charge in [-0.3, -0.25) is 19.2 Å². The van der Waals surface area contributed by atoms with Crippen molar-refractivity contribution in [2.45, 2.75) is 0 Å². The van der Waals surface area contributed by atoms with Crippen LogP contribution in [0.5, 0.6) is 0 Å². The van der Waals surface area contributed by atoms with Crippen LogP contribution in [0.15, 0.2) is 33.9 Å². The third kappa shape index (κ3) is 1.29. The molecule has 0 unspecified atom stereocenters. The summed E-state index contributed by atoms with van der Waals surface area (Å²) in [5.74, 6) is -0.956. The highest BCUT2D eigenvalue weighted by Crippen LogP contribution is 2.22. The molecule has 3 rings (SSSR count). The summed E-state index contributed by atoms with van der Waals surface area (Å²) >= 11 is 0. The fraction of sp³-hybridized carbons (Fsp3) is 0. The Morgan fingerprint density at radius 2 is 1.06 bits per heavy atom. The van der Waals surface area contributed by atoms with Crippen LogP contribution >= 0.6 is 0 Å². The number of rotatable bonds is 0. The van der Waals surface area contributed by atoms with E-state index in [0.717, 1.165) is 0 Å². The minimum atomic E-state index is -0.560. The average Bonchev–Trinajstić information content (AvgIpc) is 2.35. The molecule has 0 fully saturated rings. The van der Waals surface area contributed by atoms with E-state index in [9.17, 15) is 19.2 Å². The molecule has 6 heteroatoms. The lowest BCUT2D eigenvalue weighted by atomic mass is 9.90. The van der Waals surface area contributed by atoms with Crippen LogP contribution in [-0.4, -0.2) is 21.5 Å². The molecule has 1 aliphatic rings. The summed E-state index contributed by atoms with van der Waals surface area (Å²) in [5, 5.41) is 0. The fourth-order valence-corrected chi connectivity index (χ4v) is 1.96. The van der Waals surface area contributed by atoms with Gasteiger partial charge in [0.1, 0.15) is 11.4 Å². The molecule has 6 nitrogen and oxygen atoms in total. The number of nitrogens with one attached hydrogen (secondary N) is 2. The Balaban J connectivity index is 2.39. The number of carbonyl (C=O) groups excluding carboxylic acids is 2. The normalized spacial score (nSPS) is 13.1. The first-order valence-corrected chi connectivity index (χ1v) is 5.14. The zero-order valence-electron chi connectivity index (χ0n) is 8.94. The van der Waals surface area contributed by atoms with E-state index in [1.807, 2.05) is 0 Å². The molecule has 0 aromatic carbocycles. The van der Waals surface area contributed by atoms with E-state index < -0.39 is 22.7 Å². The number of aromatic amines is 2. The standard InChI is InChI=1S/C12H6N2O4/c15-7-3-1-5-9(13-7)12(18)10-6(11(5)17)2-4-8(16)14-10/h1-4H,(H,13,15)(H,14,16). The zero-order chi connectivity index (χ0) is 12.9. The van der Waals surface area contributed by atoms with E-state index in [1.54, 1.807) is 0 Å². The predicted octanol–water partition coefficient (Wildman–Crippen LogP) is -0.161. The van der Waals surface area contributed by atoms with Gasteiger partial charge in [-0.15, -0.1) is 0 Å². The van der Waals surface area contributed by atoms with Crippen LogP contribution in [0.1, 0.15) is 32.1 Å². The van der Waals surface area contributed by atoms with Crippen LogP contribution in [0.2, 0.25) is 0 Å². The lowest BCUT2D eigenvalue weighted by Gasteiger charge is -2.15. The summed E-state index contributed by atoms with van der Waals surface area (Å²) < 4.78 is 0. The Kier molecular flexibility index (Phi) is 1.94. The molecule has 2 aromatic heterocycles. The van der Waals surface area contributed by atoms with Gasteiger partial charge in [0, 0.05) is 12.1 Å². The second-order valence-electron chi connectivity index (χ2n) is 3.88. The molecule has 2 aromatic rings. The van der Waals surface area contributed by atoms with Gasteiger partial charge in [-0.1, -0.05) is 0 Å². The van der Waals surface area contributed by atoms with Crippen molar-refractivity contribution in [1.29, 1.82) is 0 Å². The van der Waals surface area contributed by atoms with Gasteiger partial charge in [0.25, 0.3) is 0 Å². The van der Waals surface area contributed by atoms with Gasteiger partial charge in [-0.2, -0.15) is 0 Å². The summed E-state index contributed by atoms with van der Waals surface area (Å²) in [7, 11) is 0. The highest BCUT2D eigenvalue weighted by molar-refractivity contribution is 6.26. The van der Waals surface area contributed by atoms with Gasteiger partial charge >= 0.3 is 0 Å². The van der Waals surface area contributed by atoms with E-state index in [2.05, 4.69) is 9.97 Å². The van der Waals surface area contributed by atoms with Gasteiger partial charge in [0.2, 0.25) is 16.9 Å². The molecule has 1 aliphatic carbocycles. The summed E-state index contributed by atoms with van der Waals surface area (Å²) in [5.41, 5.74) is -0.838. The molecule has 0 spiro atoms. The smallest absolute Gasteiger partial charge is 0.248 e. The van der Waals surface area contributed by atoms with Crippen molar-refractivity contribution in [2.24, 2.45) is 0 Å². The molecule has 18 heavy (non-hydrogen) atoms. The molecule has 0 aliphatic heterocycles. The van der Waals surface area contributed by atoms with E-state index in [1.165, 1.54) is 24.3 Å². The van der Waals surface area contributed by atoms with Crippen LogP contribution in [-0.2, 0) is 0 Å². The summed E-state index contributed by atoms with van der Waals surface area (Å²) in [6.45, 7) is 0. The van der Waals surface area contributed by atoms with Crippen molar-refractivity contribution in [3.8, 4) is 0 Å². The van der Waals surface area contributed by atoms with Gasteiger partial charge in [0.15, 0.2) is 5.78 Å². The SMILES string of the molecule is O=C1c2ccc(=O)[nH]c2C(=O)c2[nH]c(=O)ccc21. The average molecular weight is 242 g/mol. The Hall–Kier alpha value is -2.76. The number of hydrogen-bond acceptors (Lipinski definition) is 4. The molecule has 0 bridgehead atoms. The van der Waals surface area contributed by atoms with Crippen LogP contribution in [0.25, 0.3) is 0 Å². The van der Waals surface area contributed by atoms with Crippen molar-refractivity contribution in [1.82, 2.24) is 9.97 Å². The van der Waals surface area contributed by atoms with Crippen LogP contribution in [0, 0.1) is 0 Å². The molecule has 0 saturated heterocycles. The molecule has 88 valence electrons. The highest BCUT2D eigenvalue weighted by Gasteiger charge is 2.30. The molecule has 2 heterocycles. The largest absolute Gasteiger partial charge is 0.318 e. The summed E-state index contributed by atoms with van der Waals surface area (Å²) in [6.07, 6.45) is 0. The van der Waals surface area contributed by atoms with Crippen LogP contribution < -0.4 is 11.1 Å². The van der Waals surface area contributed by atoms with Crippen LogP contribution in [0.3, 0.4) is 0 Å². The van der Waals surface area contributed by atoms with Crippen molar-refractivity contribution >= 4 is 11.6 Å². The lowest BCUT2D eigenvalue weighted by Crippen LogP contribution is -2.28. The van der Waals surface area contributed by atoms with Crippen LogP contribution in [0.4, 0.5) is 0 Å². The maximum Gasteiger partial charge on any atom is 0.248 e. The van der Waals surface area contributed by atoms with Crippen molar-refractivity contribution in [3.05, 3.63) is 67.5 Å². The van der Waals surface area contributed by atoms with E-state index in [0.29, 0.717) is 0 Å². The minimum Gasteiger partial charge on any atom is -0.318 e. The number of fused-ring (bicyclic) bond motifs is 2. The quantitative estimate of drug-likeness (QED) is 0.572. The Bertz CT molecular complexity index is 748. The second-order valence-corrected chi connectivity index (χ2v) is 3.88. The first-order chi connectivity index (χ1) is 8.58. The maximum atomic E-state index is 12.1. The van der Waals surface area contributed by atoms with Gasteiger partial charge in [-0.25, -0.2) is 0 Å². The summed E-state index contributed by atoms with van der Waals surface area (Å²) in [4.78, 5) is 51.1. The van der Waals surface area contributed by atoms with Crippen molar-refractivity contribution in [3.63, 3.8) is 0 Å². The first kappa shape index (κ1) is 10.4.